The fraction of sp³-hybridized carbons (Fsp3) is 0.909. The Bertz CT molecular complexity index is 220. The second-order valence-electron chi connectivity index (χ2n) is 4.76. The van der Waals surface area contributed by atoms with Crippen LogP contribution in [-0.2, 0) is 4.79 Å². The first-order valence-electron chi connectivity index (χ1n) is 5.74. The first-order valence-corrected chi connectivity index (χ1v) is 5.74. The van der Waals surface area contributed by atoms with Gasteiger partial charge in [0, 0.05) is 26.2 Å². The van der Waals surface area contributed by atoms with E-state index in [9.17, 15) is 4.79 Å². The van der Waals surface area contributed by atoms with E-state index in [2.05, 4.69) is 18.9 Å². The molecule has 1 aliphatic rings. The Morgan fingerprint density at radius 1 is 1.33 bits per heavy atom. The molecule has 0 aromatic heterocycles. The van der Waals surface area contributed by atoms with Crippen LogP contribution in [-0.4, -0.2) is 54.5 Å². The van der Waals surface area contributed by atoms with E-state index in [0.29, 0.717) is 0 Å². The molecular formula is C11H23N3O. The number of amides is 1. The number of nitrogens with two attached hydrogens (primary N) is 1. The number of hydrogen-bond donors (Lipinski definition) is 1. The fourth-order valence-corrected chi connectivity index (χ4v) is 2.00. The lowest BCUT2D eigenvalue weighted by Crippen LogP contribution is -2.57. The van der Waals surface area contributed by atoms with Crippen LogP contribution >= 0.6 is 0 Å². The Hall–Kier alpha value is -0.610. The number of carbonyl (C=O) groups is 1. The van der Waals surface area contributed by atoms with E-state index in [1.165, 1.54) is 0 Å². The van der Waals surface area contributed by atoms with Crippen molar-refractivity contribution in [1.29, 1.82) is 0 Å². The molecule has 0 bridgehead atoms. The molecule has 4 nitrogen and oxygen atoms in total. The van der Waals surface area contributed by atoms with Gasteiger partial charge in [0.15, 0.2) is 0 Å². The highest BCUT2D eigenvalue weighted by molar-refractivity contribution is 5.85. The van der Waals surface area contributed by atoms with Gasteiger partial charge in [0.2, 0.25) is 5.91 Å². The smallest absolute Gasteiger partial charge is 0.242 e. The van der Waals surface area contributed by atoms with Gasteiger partial charge in [-0.1, -0.05) is 13.3 Å². The zero-order valence-electron chi connectivity index (χ0n) is 10.1. The Labute approximate surface area is 92.4 Å². The quantitative estimate of drug-likeness (QED) is 0.732. The van der Waals surface area contributed by atoms with Crippen molar-refractivity contribution in [2.45, 2.75) is 32.2 Å². The molecular weight excluding hydrogens is 190 g/mol. The summed E-state index contributed by atoms with van der Waals surface area (Å²) >= 11 is 0. The Kier molecular flexibility index (Phi) is 4.11. The summed E-state index contributed by atoms with van der Waals surface area (Å²) in [6, 6.07) is 0. The summed E-state index contributed by atoms with van der Waals surface area (Å²) in [6.45, 7) is 7.43. The SMILES string of the molecule is CCCC(C)(N)C(=O)N1CCN(C)CC1. The molecule has 0 aromatic carbocycles. The molecule has 1 aliphatic heterocycles. The Balaban J connectivity index is 2.53. The molecule has 0 spiro atoms. The van der Waals surface area contributed by atoms with Crippen molar-refractivity contribution in [2.75, 3.05) is 33.2 Å². The number of likely N-dealkylation sites (N-methyl/N-ethyl adjacent to an activating group) is 1. The summed E-state index contributed by atoms with van der Waals surface area (Å²) in [5.41, 5.74) is 5.36. The second-order valence-corrected chi connectivity index (χ2v) is 4.76. The molecule has 1 amide bonds. The van der Waals surface area contributed by atoms with E-state index in [0.717, 1.165) is 39.0 Å². The Morgan fingerprint density at radius 2 is 1.87 bits per heavy atom. The van der Waals surface area contributed by atoms with Crippen molar-refractivity contribution in [3.8, 4) is 0 Å². The van der Waals surface area contributed by atoms with Crippen LogP contribution in [0, 0.1) is 0 Å². The van der Waals surface area contributed by atoms with Gasteiger partial charge >= 0.3 is 0 Å². The van der Waals surface area contributed by atoms with Crippen LogP contribution in [0.1, 0.15) is 26.7 Å². The molecule has 4 heteroatoms. The third-order valence-corrected chi connectivity index (χ3v) is 3.05. The average Bonchev–Trinajstić information content (AvgIpc) is 2.18. The summed E-state index contributed by atoms with van der Waals surface area (Å²) in [5, 5.41) is 0. The monoisotopic (exact) mass is 213 g/mol. The fourth-order valence-electron chi connectivity index (χ4n) is 2.00. The molecule has 1 saturated heterocycles. The molecule has 0 aliphatic carbocycles. The summed E-state index contributed by atoms with van der Waals surface area (Å²) in [4.78, 5) is 16.2. The minimum Gasteiger partial charge on any atom is -0.339 e. The Morgan fingerprint density at radius 3 is 2.33 bits per heavy atom. The van der Waals surface area contributed by atoms with E-state index < -0.39 is 5.54 Å². The van der Waals surface area contributed by atoms with Crippen molar-refractivity contribution in [3.05, 3.63) is 0 Å². The third kappa shape index (κ3) is 3.18. The minimum atomic E-state index is -0.676. The van der Waals surface area contributed by atoms with Crippen LogP contribution in [0.15, 0.2) is 0 Å². The van der Waals surface area contributed by atoms with Gasteiger partial charge in [-0.2, -0.15) is 0 Å². The lowest BCUT2D eigenvalue weighted by atomic mass is 9.95. The second kappa shape index (κ2) is 4.94. The summed E-state index contributed by atoms with van der Waals surface area (Å²) < 4.78 is 0. The molecule has 0 aromatic rings. The first kappa shape index (κ1) is 12.5. The van der Waals surface area contributed by atoms with Crippen LogP contribution in [0.4, 0.5) is 0 Å². The van der Waals surface area contributed by atoms with E-state index in [-0.39, 0.29) is 5.91 Å². The van der Waals surface area contributed by atoms with E-state index >= 15 is 0 Å². The number of nitrogens with zero attached hydrogens (tertiary/aromatic N) is 2. The van der Waals surface area contributed by atoms with Gasteiger partial charge in [0.25, 0.3) is 0 Å². The molecule has 1 atom stereocenters. The molecule has 88 valence electrons. The van der Waals surface area contributed by atoms with Crippen LogP contribution in [0.3, 0.4) is 0 Å². The molecule has 1 rings (SSSR count). The van der Waals surface area contributed by atoms with Gasteiger partial charge < -0.3 is 15.5 Å². The highest BCUT2D eigenvalue weighted by atomic mass is 16.2. The van der Waals surface area contributed by atoms with Gasteiger partial charge in [0.1, 0.15) is 0 Å². The van der Waals surface area contributed by atoms with Crippen LogP contribution in [0.5, 0.6) is 0 Å². The predicted octanol–water partition coefficient (Wildman–Crippen LogP) is 0.278. The minimum absolute atomic E-state index is 0.109. The van der Waals surface area contributed by atoms with Gasteiger partial charge in [0.05, 0.1) is 5.54 Å². The van der Waals surface area contributed by atoms with Crippen LogP contribution in [0.2, 0.25) is 0 Å². The lowest BCUT2D eigenvalue weighted by molar-refractivity contribution is -0.138. The maximum absolute atomic E-state index is 12.1. The normalized spacial score (nSPS) is 22.5. The van der Waals surface area contributed by atoms with Gasteiger partial charge in [-0.05, 0) is 20.4 Å². The summed E-state index contributed by atoms with van der Waals surface area (Å²) in [6.07, 6.45) is 1.71. The number of carbonyl (C=O) groups excluding carboxylic acids is 1. The largest absolute Gasteiger partial charge is 0.339 e. The van der Waals surface area contributed by atoms with Gasteiger partial charge in [-0.25, -0.2) is 0 Å². The molecule has 2 N–H and O–H groups in total. The molecule has 1 heterocycles. The maximum atomic E-state index is 12.1. The van der Waals surface area contributed by atoms with E-state index in [4.69, 9.17) is 5.73 Å². The molecule has 1 unspecified atom stereocenters. The van der Waals surface area contributed by atoms with Crippen molar-refractivity contribution in [2.24, 2.45) is 5.73 Å². The molecule has 0 saturated carbocycles. The number of piperazine rings is 1. The lowest BCUT2D eigenvalue weighted by Gasteiger charge is -2.37. The zero-order valence-corrected chi connectivity index (χ0v) is 10.1. The van der Waals surface area contributed by atoms with Crippen molar-refractivity contribution in [3.63, 3.8) is 0 Å². The van der Waals surface area contributed by atoms with Crippen molar-refractivity contribution < 1.29 is 4.79 Å². The zero-order chi connectivity index (χ0) is 11.5. The van der Waals surface area contributed by atoms with Gasteiger partial charge in [-0.15, -0.1) is 0 Å². The van der Waals surface area contributed by atoms with E-state index in [1.807, 2.05) is 11.8 Å². The standard InChI is InChI=1S/C11H23N3O/c1-4-5-11(2,12)10(15)14-8-6-13(3)7-9-14/h4-9,12H2,1-3H3. The number of hydrogen-bond acceptors (Lipinski definition) is 3. The topological polar surface area (TPSA) is 49.6 Å². The molecule has 15 heavy (non-hydrogen) atoms. The number of rotatable bonds is 3. The third-order valence-electron chi connectivity index (χ3n) is 3.05. The molecule has 0 radical (unpaired) electrons. The predicted molar refractivity (Wildman–Crippen MR) is 61.6 cm³/mol. The average molecular weight is 213 g/mol. The van der Waals surface area contributed by atoms with Gasteiger partial charge in [-0.3, -0.25) is 4.79 Å². The van der Waals surface area contributed by atoms with Crippen LogP contribution < -0.4 is 5.73 Å². The van der Waals surface area contributed by atoms with Crippen molar-refractivity contribution in [1.82, 2.24) is 9.80 Å². The highest BCUT2D eigenvalue weighted by Crippen LogP contribution is 2.14. The summed E-state index contributed by atoms with van der Waals surface area (Å²) in [7, 11) is 2.08. The van der Waals surface area contributed by atoms with Crippen LogP contribution in [0.25, 0.3) is 0 Å². The first-order chi connectivity index (χ1) is 6.97. The van der Waals surface area contributed by atoms with E-state index in [1.54, 1.807) is 0 Å². The highest BCUT2D eigenvalue weighted by Gasteiger charge is 2.32. The molecule has 1 fully saturated rings. The van der Waals surface area contributed by atoms with Crippen molar-refractivity contribution >= 4 is 5.91 Å². The maximum Gasteiger partial charge on any atom is 0.242 e. The summed E-state index contributed by atoms with van der Waals surface area (Å²) in [5.74, 6) is 0.109.